The summed E-state index contributed by atoms with van der Waals surface area (Å²) in [5, 5.41) is 0.955. The fraction of sp³-hybridized carbons (Fsp3) is 0.118. The van der Waals surface area contributed by atoms with Crippen molar-refractivity contribution in [3.63, 3.8) is 0 Å². The third-order valence-corrected chi connectivity index (χ3v) is 3.65. The molecule has 3 aromatic rings. The van der Waals surface area contributed by atoms with Gasteiger partial charge in [-0.25, -0.2) is 0 Å². The average Bonchev–Trinajstić information content (AvgIpc) is 2.92. The van der Waals surface area contributed by atoms with Gasteiger partial charge in [0.2, 0.25) is 0 Å². The maximum Gasteiger partial charge on any atom is 0.195 e. The zero-order valence-corrected chi connectivity index (χ0v) is 11.9. The molecule has 0 unspecified atom stereocenters. The molecule has 4 nitrogen and oxygen atoms in total. The van der Waals surface area contributed by atoms with Gasteiger partial charge in [0, 0.05) is 28.2 Å². The molecule has 21 heavy (non-hydrogen) atoms. The first-order valence-corrected chi connectivity index (χ1v) is 6.66. The molecular weight excluding hydrogens is 264 g/mol. The maximum atomic E-state index is 12.7. The van der Waals surface area contributed by atoms with Gasteiger partial charge in [0.25, 0.3) is 0 Å². The fourth-order valence-corrected chi connectivity index (χ4v) is 2.58. The highest BCUT2D eigenvalue weighted by atomic mass is 16.5. The molecule has 2 aromatic carbocycles. The number of hydrogen-bond acceptors (Lipinski definition) is 3. The van der Waals surface area contributed by atoms with E-state index >= 15 is 0 Å². The number of methoxy groups -OCH3 is 1. The van der Waals surface area contributed by atoms with E-state index in [2.05, 4.69) is 4.98 Å². The summed E-state index contributed by atoms with van der Waals surface area (Å²) in [6.07, 6.45) is 1.75. The summed E-state index contributed by atoms with van der Waals surface area (Å²) in [4.78, 5) is 15.8. The number of anilines is 1. The summed E-state index contributed by atoms with van der Waals surface area (Å²) >= 11 is 0. The minimum atomic E-state index is -0.0510. The van der Waals surface area contributed by atoms with E-state index in [4.69, 9.17) is 10.5 Å². The number of carbonyl (C=O) groups is 1. The van der Waals surface area contributed by atoms with E-state index in [1.54, 1.807) is 31.5 Å². The Hall–Kier alpha value is -2.75. The van der Waals surface area contributed by atoms with E-state index in [0.717, 1.165) is 16.5 Å². The van der Waals surface area contributed by atoms with E-state index in [1.807, 2.05) is 25.1 Å². The Morgan fingerprint density at radius 3 is 2.76 bits per heavy atom. The Morgan fingerprint density at radius 1 is 1.24 bits per heavy atom. The first-order chi connectivity index (χ1) is 10.1. The molecule has 106 valence electrons. The second-order valence-electron chi connectivity index (χ2n) is 4.99. The molecule has 0 fully saturated rings. The monoisotopic (exact) mass is 280 g/mol. The van der Waals surface area contributed by atoms with Crippen molar-refractivity contribution >= 4 is 22.4 Å². The van der Waals surface area contributed by atoms with Crippen LogP contribution in [0.5, 0.6) is 5.75 Å². The minimum Gasteiger partial charge on any atom is -0.495 e. The summed E-state index contributed by atoms with van der Waals surface area (Å²) in [7, 11) is 1.55. The van der Waals surface area contributed by atoms with Crippen LogP contribution in [0.1, 0.15) is 21.5 Å². The highest BCUT2D eigenvalue weighted by Crippen LogP contribution is 2.27. The predicted octanol–water partition coefficient (Wildman–Crippen LogP) is 3.30. The molecule has 0 radical (unpaired) electrons. The third kappa shape index (κ3) is 2.14. The SMILES string of the molecule is COc1ccc(C(=O)c2c[nH]c3cccc(C)c23)cc1N. The van der Waals surface area contributed by atoms with Crippen LogP contribution < -0.4 is 10.5 Å². The molecule has 3 rings (SSSR count). The molecule has 3 N–H and O–H groups in total. The molecule has 0 aliphatic heterocycles. The summed E-state index contributed by atoms with van der Waals surface area (Å²) in [6, 6.07) is 11.0. The molecule has 0 saturated carbocycles. The second kappa shape index (κ2) is 4.98. The second-order valence-corrected chi connectivity index (χ2v) is 4.99. The van der Waals surface area contributed by atoms with E-state index in [-0.39, 0.29) is 5.78 Å². The van der Waals surface area contributed by atoms with Crippen molar-refractivity contribution in [1.82, 2.24) is 4.98 Å². The van der Waals surface area contributed by atoms with Crippen LogP contribution in [0, 0.1) is 6.92 Å². The van der Waals surface area contributed by atoms with Gasteiger partial charge in [-0.2, -0.15) is 0 Å². The Kier molecular flexibility index (Phi) is 3.14. The average molecular weight is 280 g/mol. The van der Waals surface area contributed by atoms with Gasteiger partial charge in [-0.05, 0) is 36.8 Å². The van der Waals surface area contributed by atoms with Gasteiger partial charge in [0.15, 0.2) is 5.78 Å². The van der Waals surface area contributed by atoms with Crippen molar-refractivity contribution < 1.29 is 9.53 Å². The lowest BCUT2D eigenvalue weighted by atomic mass is 9.99. The lowest BCUT2D eigenvalue weighted by Gasteiger charge is -2.07. The van der Waals surface area contributed by atoms with Gasteiger partial charge in [0.05, 0.1) is 12.8 Å². The van der Waals surface area contributed by atoms with Crippen molar-refractivity contribution in [2.75, 3.05) is 12.8 Å². The van der Waals surface area contributed by atoms with Gasteiger partial charge in [-0.1, -0.05) is 12.1 Å². The molecular formula is C17H16N2O2. The number of H-pyrrole nitrogens is 1. The van der Waals surface area contributed by atoms with Crippen LogP contribution in [0.2, 0.25) is 0 Å². The molecule has 0 amide bonds. The smallest absolute Gasteiger partial charge is 0.195 e. The van der Waals surface area contributed by atoms with Crippen molar-refractivity contribution in [2.24, 2.45) is 0 Å². The minimum absolute atomic E-state index is 0.0510. The van der Waals surface area contributed by atoms with Gasteiger partial charge in [0.1, 0.15) is 5.75 Å². The Labute approximate surface area is 122 Å². The number of nitrogen functional groups attached to an aromatic ring is 1. The first-order valence-electron chi connectivity index (χ1n) is 6.66. The maximum absolute atomic E-state index is 12.7. The van der Waals surface area contributed by atoms with Crippen LogP contribution in [0.15, 0.2) is 42.6 Å². The number of ketones is 1. The number of aryl methyl sites for hydroxylation is 1. The Bertz CT molecular complexity index is 834. The van der Waals surface area contributed by atoms with Gasteiger partial charge in [-0.3, -0.25) is 4.79 Å². The Balaban J connectivity index is 2.11. The van der Waals surface area contributed by atoms with Crippen LogP contribution in [0.4, 0.5) is 5.69 Å². The number of nitrogens with two attached hydrogens (primary N) is 1. The van der Waals surface area contributed by atoms with Crippen LogP contribution in [0.3, 0.4) is 0 Å². The van der Waals surface area contributed by atoms with Crippen molar-refractivity contribution in [2.45, 2.75) is 6.92 Å². The number of hydrogen-bond donors (Lipinski definition) is 2. The van der Waals surface area contributed by atoms with Gasteiger partial charge >= 0.3 is 0 Å². The third-order valence-electron chi connectivity index (χ3n) is 3.65. The fourth-order valence-electron chi connectivity index (χ4n) is 2.58. The number of carbonyl (C=O) groups excluding carboxylic acids is 1. The van der Waals surface area contributed by atoms with E-state index in [0.29, 0.717) is 22.6 Å². The topological polar surface area (TPSA) is 68.1 Å². The molecule has 1 heterocycles. The Morgan fingerprint density at radius 2 is 2.05 bits per heavy atom. The summed E-state index contributed by atoms with van der Waals surface area (Å²) in [5.41, 5.74) is 9.58. The first kappa shape index (κ1) is 13.2. The summed E-state index contributed by atoms with van der Waals surface area (Å²) in [5.74, 6) is 0.520. The lowest BCUT2D eigenvalue weighted by molar-refractivity contribution is 0.104. The molecule has 0 aliphatic carbocycles. The lowest BCUT2D eigenvalue weighted by Crippen LogP contribution is -2.03. The van der Waals surface area contributed by atoms with E-state index in [1.165, 1.54) is 0 Å². The number of aromatic nitrogens is 1. The van der Waals surface area contributed by atoms with Crippen molar-refractivity contribution in [3.05, 3.63) is 59.3 Å². The number of benzene rings is 2. The summed E-state index contributed by atoms with van der Waals surface area (Å²) < 4.78 is 5.12. The number of rotatable bonds is 3. The van der Waals surface area contributed by atoms with Crippen LogP contribution in [-0.2, 0) is 0 Å². The number of fused-ring (bicyclic) bond motifs is 1. The molecule has 0 atom stereocenters. The molecule has 0 bridgehead atoms. The largest absolute Gasteiger partial charge is 0.495 e. The highest BCUT2D eigenvalue weighted by molar-refractivity contribution is 6.17. The predicted molar refractivity (Wildman–Crippen MR) is 83.9 cm³/mol. The standard InChI is InChI=1S/C17H16N2O2/c1-10-4-3-5-14-16(10)12(9-19-14)17(20)11-6-7-15(21-2)13(18)8-11/h3-9,19H,18H2,1-2H3. The van der Waals surface area contributed by atoms with Gasteiger partial charge in [-0.15, -0.1) is 0 Å². The zero-order valence-electron chi connectivity index (χ0n) is 11.9. The molecule has 1 aromatic heterocycles. The van der Waals surface area contributed by atoms with Gasteiger partial charge < -0.3 is 15.5 Å². The number of nitrogens with one attached hydrogen (secondary N) is 1. The number of aromatic amines is 1. The van der Waals surface area contributed by atoms with Crippen LogP contribution in [-0.4, -0.2) is 17.9 Å². The van der Waals surface area contributed by atoms with E-state index < -0.39 is 0 Å². The molecule has 0 saturated heterocycles. The zero-order chi connectivity index (χ0) is 15.0. The molecule has 4 heteroatoms. The molecule has 0 spiro atoms. The highest BCUT2D eigenvalue weighted by Gasteiger charge is 2.16. The van der Waals surface area contributed by atoms with Crippen molar-refractivity contribution in [1.29, 1.82) is 0 Å². The quantitative estimate of drug-likeness (QED) is 0.571. The van der Waals surface area contributed by atoms with Crippen LogP contribution in [0.25, 0.3) is 10.9 Å². The van der Waals surface area contributed by atoms with Crippen molar-refractivity contribution in [3.8, 4) is 5.75 Å². The van der Waals surface area contributed by atoms with E-state index in [9.17, 15) is 4.79 Å². The normalized spacial score (nSPS) is 10.8. The van der Waals surface area contributed by atoms with Crippen LogP contribution >= 0.6 is 0 Å². The molecule has 0 aliphatic rings. The summed E-state index contributed by atoms with van der Waals surface area (Å²) in [6.45, 7) is 2.00. The number of ether oxygens (including phenoxy) is 1.